The maximum atomic E-state index is 13.0. The van der Waals surface area contributed by atoms with Crippen molar-refractivity contribution in [3.63, 3.8) is 0 Å². The molecule has 0 radical (unpaired) electrons. The lowest BCUT2D eigenvalue weighted by Gasteiger charge is -2.42. The summed E-state index contributed by atoms with van der Waals surface area (Å²) in [5.74, 6) is -2.23. The minimum Gasteiger partial charge on any atom is -0.438 e. The largest absolute Gasteiger partial charge is 0.497 e. The van der Waals surface area contributed by atoms with Crippen LogP contribution in [0.25, 0.3) is 22.1 Å². The van der Waals surface area contributed by atoms with Gasteiger partial charge in [0.15, 0.2) is 5.76 Å². The Morgan fingerprint density at radius 3 is 2.52 bits per heavy atom. The molecule has 4 rings (SSSR count). The molecule has 0 saturated carbocycles. The van der Waals surface area contributed by atoms with E-state index in [0.717, 1.165) is 29.2 Å². The summed E-state index contributed by atoms with van der Waals surface area (Å²) in [4.78, 5) is 44.8. The second-order valence-corrected chi connectivity index (χ2v) is 10.4. The Balaban J connectivity index is 1.43. The summed E-state index contributed by atoms with van der Waals surface area (Å²) in [6.07, 6.45) is 0.244. The van der Waals surface area contributed by atoms with Crippen molar-refractivity contribution in [2.24, 2.45) is 5.92 Å². The van der Waals surface area contributed by atoms with Gasteiger partial charge in [-0.05, 0) is 29.7 Å². The van der Waals surface area contributed by atoms with Crippen molar-refractivity contribution in [1.82, 2.24) is 10.3 Å². The Morgan fingerprint density at radius 2 is 1.82 bits per heavy atom. The number of oxazole rings is 1. The molecule has 40 heavy (non-hydrogen) atoms. The van der Waals surface area contributed by atoms with E-state index in [1.807, 2.05) is 49.4 Å². The number of alkyl halides is 3. The predicted octanol–water partition coefficient (Wildman–Crippen LogP) is 5.68. The molecule has 1 saturated heterocycles. The number of carbonyl (C=O) groups excluding carboxylic acids is 3. The third-order valence-electron chi connectivity index (χ3n) is 7.13. The second-order valence-electron chi connectivity index (χ2n) is 10.4. The van der Waals surface area contributed by atoms with Crippen molar-refractivity contribution in [3.05, 3.63) is 54.6 Å². The smallest absolute Gasteiger partial charge is 0.438 e. The highest BCUT2D eigenvalue weighted by atomic mass is 19.4. The average Bonchev–Trinajstić information content (AvgIpc) is 3.40. The van der Waals surface area contributed by atoms with Crippen LogP contribution in [0.1, 0.15) is 57.4 Å². The van der Waals surface area contributed by atoms with Crippen molar-refractivity contribution in [2.75, 3.05) is 20.1 Å². The molecule has 0 aliphatic carbocycles. The normalized spacial score (nSPS) is 19.6. The van der Waals surface area contributed by atoms with Gasteiger partial charge >= 0.3 is 12.1 Å². The lowest BCUT2D eigenvalue weighted by molar-refractivity contribution is -1.11. The summed E-state index contributed by atoms with van der Waals surface area (Å²) in [6.45, 7) is 1.68. The van der Waals surface area contributed by atoms with Crippen molar-refractivity contribution in [3.8, 4) is 11.3 Å². The number of fused-ring (bicyclic) bond motifs is 1. The number of aromatic nitrogens is 1. The van der Waals surface area contributed by atoms with Crippen LogP contribution in [0.15, 0.2) is 53.1 Å². The predicted molar refractivity (Wildman–Crippen MR) is 140 cm³/mol. The highest BCUT2D eigenvalue weighted by molar-refractivity contribution is 5.86. The summed E-state index contributed by atoms with van der Waals surface area (Å²) in [7, 11) is 1.33. The van der Waals surface area contributed by atoms with Crippen LogP contribution in [0.2, 0.25) is 0 Å². The van der Waals surface area contributed by atoms with E-state index < -0.39 is 28.8 Å². The number of ketones is 1. The topological polar surface area (TPSA) is 98.5 Å². The number of unbranched alkanes of at least 4 members (excludes halogenated alkanes) is 2. The van der Waals surface area contributed by atoms with Crippen molar-refractivity contribution in [2.45, 2.75) is 57.7 Å². The zero-order valence-corrected chi connectivity index (χ0v) is 22.5. The molecule has 1 aliphatic heterocycles. The first-order chi connectivity index (χ1) is 19.0. The fourth-order valence-corrected chi connectivity index (χ4v) is 4.87. The van der Waals surface area contributed by atoms with Crippen LogP contribution in [-0.2, 0) is 19.2 Å². The van der Waals surface area contributed by atoms with E-state index in [-0.39, 0.29) is 24.8 Å². The van der Waals surface area contributed by atoms with E-state index in [2.05, 4.69) is 15.1 Å². The zero-order valence-electron chi connectivity index (χ0n) is 22.5. The molecular formula is C29H33F3N3O5+. The van der Waals surface area contributed by atoms with Crippen LogP contribution in [0.5, 0.6) is 0 Å². The number of carbonyl (C=O) groups is 3. The van der Waals surface area contributed by atoms with Crippen molar-refractivity contribution < 1.29 is 41.5 Å². The molecule has 0 spiro atoms. The van der Waals surface area contributed by atoms with E-state index in [1.165, 1.54) is 7.05 Å². The van der Waals surface area contributed by atoms with Gasteiger partial charge < -0.3 is 9.73 Å². The first-order valence-corrected chi connectivity index (χ1v) is 13.4. The first kappa shape index (κ1) is 29.3. The number of likely N-dealkylation sites (tertiary alicyclic amines) is 1. The zero-order chi connectivity index (χ0) is 28.9. The Bertz CT molecular complexity index is 1360. The van der Waals surface area contributed by atoms with Crippen LogP contribution in [-0.4, -0.2) is 53.6 Å². The average molecular weight is 561 g/mol. The number of hydroxylamine groups is 3. The molecule has 0 bridgehead atoms. The van der Waals surface area contributed by atoms with Gasteiger partial charge in [0.1, 0.15) is 37.9 Å². The molecule has 1 atom stereocenters. The molecule has 2 heterocycles. The fourth-order valence-electron chi connectivity index (χ4n) is 4.87. The minimum absolute atomic E-state index is 0.0760. The Hall–Kier alpha value is -3.73. The maximum Gasteiger partial charge on any atom is 0.497 e. The number of amides is 1. The second kappa shape index (κ2) is 12.2. The number of benzene rings is 2. The van der Waals surface area contributed by atoms with Crippen LogP contribution < -0.4 is 5.32 Å². The van der Waals surface area contributed by atoms with E-state index in [4.69, 9.17) is 4.42 Å². The number of nitrogens with zero attached hydrogens (tertiary/aromatic N) is 2. The summed E-state index contributed by atoms with van der Waals surface area (Å²) in [5, 5.41) is 5.06. The number of Topliss-reactive ketones (excluding diaryl/α,β-unsaturated/α-hetero) is 1. The fraction of sp³-hybridized carbons (Fsp3) is 0.448. The molecule has 8 nitrogen and oxygen atoms in total. The number of rotatable bonds is 12. The van der Waals surface area contributed by atoms with Gasteiger partial charge in [-0.2, -0.15) is 13.2 Å². The number of hydrogen-bond acceptors (Lipinski definition) is 6. The third kappa shape index (κ3) is 7.26. The molecule has 0 unspecified atom stereocenters. The van der Waals surface area contributed by atoms with E-state index in [0.29, 0.717) is 37.3 Å². The Kier molecular flexibility index (Phi) is 8.92. The number of nitrogens with one attached hydrogen (secondary N) is 1. The molecule has 3 aromatic rings. The number of quaternary nitrogens is 1. The quantitative estimate of drug-likeness (QED) is 0.226. The highest BCUT2D eigenvalue weighted by Gasteiger charge is 2.54. The summed E-state index contributed by atoms with van der Waals surface area (Å²) in [6, 6.07) is 13.3. The van der Waals surface area contributed by atoms with Gasteiger partial charge in [0.2, 0.25) is 11.8 Å². The summed E-state index contributed by atoms with van der Waals surface area (Å²) < 4.78 is 43.2. The lowest BCUT2D eigenvalue weighted by atomic mass is 9.98. The van der Waals surface area contributed by atoms with E-state index in [1.54, 1.807) is 6.20 Å². The molecule has 11 heteroatoms. The third-order valence-corrected chi connectivity index (χ3v) is 7.13. The van der Waals surface area contributed by atoms with Crippen molar-refractivity contribution >= 4 is 28.4 Å². The van der Waals surface area contributed by atoms with Crippen LogP contribution in [0.3, 0.4) is 0 Å². The van der Waals surface area contributed by atoms with Crippen molar-refractivity contribution in [1.29, 1.82) is 0 Å². The Morgan fingerprint density at radius 1 is 1.10 bits per heavy atom. The summed E-state index contributed by atoms with van der Waals surface area (Å²) in [5.41, 5.74) is 0.833. The standard InChI is InChI=1S/C29H32F3N3O5/c1-3-23(36)11-5-4-6-12-24(34-26(37)22-17-35(2,18-22)40-28(38)29(30,31)32)27-33-16-25(39-27)21-14-13-19-9-7-8-10-20(19)15-21/h7-10,13-16,22,24H,3-6,11-12,17-18H2,1-2H3/p+1/t22?,24-,35?/m0/s1. The monoisotopic (exact) mass is 560 g/mol. The molecular weight excluding hydrogens is 527 g/mol. The van der Waals surface area contributed by atoms with Gasteiger partial charge in [-0.25, -0.2) is 9.78 Å². The number of hydrogen-bond donors (Lipinski definition) is 1. The molecule has 214 valence electrons. The summed E-state index contributed by atoms with van der Waals surface area (Å²) >= 11 is 0. The van der Waals surface area contributed by atoms with Gasteiger partial charge in [0, 0.05) is 18.4 Å². The molecule has 2 aromatic carbocycles. The Labute approximate surface area is 230 Å². The van der Waals surface area contributed by atoms with Gasteiger partial charge in [-0.1, -0.05) is 56.2 Å². The van der Waals surface area contributed by atoms with Gasteiger partial charge in [-0.15, -0.1) is 4.65 Å². The molecule has 1 aliphatic rings. The van der Waals surface area contributed by atoms with Crippen LogP contribution >= 0.6 is 0 Å². The molecule has 1 N–H and O–H groups in total. The van der Waals surface area contributed by atoms with Gasteiger partial charge in [0.05, 0.1) is 6.20 Å². The molecule has 1 aromatic heterocycles. The van der Waals surface area contributed by atoms with E-state index >= 15 is 0 Å². The lowest BCUT2D eigenvalue weighted by Crippen LogP contribution is -2.65. The van der Waals surface area contributed by atoms with Crippen LogP contribution in [0, 0.1) is 5.92 Å². The van der Waals surface area contributed by atoms with Gasteiger partial charge in [0.25, 0.3) is 0 Å². The molecule has 1 amide bonds. The highest BCUT2D eigenvalue weighted by Crippen LogP contribution is 2.31. The maximum absolute atomic E-state index is 13.0. The SMILES string of the molecule is CCC(=O)CCCCC[C@H](NC(=O)C1C[N+](C)(OC(=O)C(F)(F)F)C1)c1ncc(-c2ccc3ccccc3c2)o1. The number of halogens is 3. The van der Waals surface area contributed by atoms with E-state index in [9.17, 15) is 27.6 Å². The van der Waals surface area contributed by atoms with Gasteiger partial charge in [-0.3, -0.25) is 14.4 Å². The minimum atomic E-state index is -5.10. The van der Waals surface area contributed by atoms with Crippen LogP contribution in [0.4, 0.5) is 13.2 Å². The molecule has 1 fully saturated rings. The first-order valence-electron chi connectivity index (χ1n) is 13.4.